The highest BCUT2D eigenvalue weighted by Gasteiger charge is 2.15. The van der Waals surface area contributed by atoms with Crippen molar-refractivity contribution in [3.63, 3.8) is 0 Å². The molecule has 0 heterocycles. The molecular weight excluding hydrogens is 1900 g/mol. The molecule has 0 fully saturated rings. The van der Waals surface area contributed by atoms with Gasteiger partial charge in [-0.25, -0.2) is 57.5 Å². The summed E-state index contributed by atoms with van der Waals surface area (Å²) in [6.07, 6.45) is 25.5. The molecule has 0 aromatic rings. The Hall–Kier alpha value is -14.3. The van der Waals surface area contributed by atoms with Gasteiger partial charge in [0.25, 0.3) is 0 Å². The predicted octanol–water partition coefficient (Wildman–Crippen LogP) is 3.99. The average Bonchev–Trinajstić information content (AvgIpc) is 1.00. The number of nitrogens with one attached hydrogen (secondary N) is 12. The number of ether oxygens (including phenoxy) is 12. The average molecular weight is 2050 g/mol. The third-order valence-electron chi connectivity index (χ3n) is 16.7. The van der Waals surface area contributed by atoms with Crippen LogP contribution in [0.3, 0.4) is 0 Å². The first-order valence-corrected chi connectivity index (χ1v) is 47.2. The summed E-state index contributed by atoms with van der Waals surface area (Å²) in [6.45, 7) is 33.0. The monoisotopic (exact) mass is 2050 g/mol. The lowest BCUT2D eigenvalue weighted by Gasteiger charge is -2.07. The second-order valence-electron chi connectivity index (χ2n) is 32.1. The molecule has 0 aliphatic carbocycles. The second-order valence-corrected chi connectivity index (χ2v) is 32.1. The van der Waals surface area contributed by atoms with Crippen LogP contribution in [0.25, 0.3) is 0 Å². The van der Waals surface area contributed by atoms with E-state index in [2.05, 4.69) is 78.0 Å². The summed E-state index contributed by atoms with van der Waals surface area (Å²) in [7, 11) is 0. The Labute approximate surface area is 842 Å². The van der Waals surface area contributed by atoms with Crippen molar-refractivity contribution in [2.75, 3.05) is 119 Å². The van der Waals surface area contributed by atoms with E-state index in [1.165, 1.54) is 41.5 Å². The lowest BCUT2D eigenvalue weighted by Crippen LogP contribution is -2.30. The first-order chi connectivity index (χ1) is 67.9. The van der Waals surface area contributed by atoms with Crippen LogP contribution in [0, 0.1) is 35.5 Å². The number of carbonyl (C=O) groups is 24. The van der Waals surface area contributed by atoms with Crippen molar-refractivity contribution in [3.05, 3.63) is 72.9 Å². The van der Waals surface area contributed by atoms with Crippen molar-refractivity contribution in [1.82, 2.24) is 63.8 Å². The molecule has 48 heteroatoms. The Morgan fingerprint density at radius 2 is 0.271 bits per heavy atom. The van der Waals surface area contributed by atoms with E-state index in [1.54, 1.807) is 41.5 Å². The van der Waals surface area contributed by atoms with Crippen molar-refractivity contribution >= 4 is 143 Å². The fraction of sp³-hybridized carbons (Fsp3) is 0.625. The maximum atomic E-state index is 11.5. The molecule has 0 radical (unpaired) electrons. The summed E-state index contributed by atoms with van der Waals surface area (Å²) < 4.78 is 57.4. The van der Waals surface area contributed by atoms with Crippen LogP contribution in [0.2, 0.25) is 0 Å². The van der Waals surface area contributed by atoms with Gasteiger partial charge in [0.15, 0.2) is 40.4 Å². The molecule has 0 aliphatic heterocycles. The predicted molar refractivity (Wildman–Crippen MR) is 519 cm³/mol. The van der Waals surface area contributed by atoms with E-state index < -0.39 is 71.6 Å². The Morgan fingerprint density at radius 3 is 0.431 bits per heavy atom. The fourth-order valence-electron chi connectivity index (χ4n) is 8.67. The van der Waals surface area contributed by atoms with Crippen LogP contribution in [-0.4, -0.2) is 262 Å². The third-order valence-corrected chi connectivity index (χ3v) is 16.7. The first kappa shape index (κ1) is 140. The van der Waals surface area contributed by atoms with E-state index in [1.807, 2.05) is 41.5 Å². The van der Waals surface area contributed by atoms with Gasteiger partial charge in [0, 0.05) is 189 Å². The smallest absolute Gasteiger partial charge is 0.332 e. The van der Waals surface area contributed by atoms with E-state index in [9.17, 15) is 115 Å². The van der Waals surface area contributed by atoms with Crippen molar-refractivity contribution in [3.8, 4) is 0 Å². The summed E-state index contributed by atoms with van der Waals surface area (Å²) in [5.74, 6) is -10.8. The summed E-state index contributed by atoms with van der Waals surface area (Å²) >= 11 is 0. The number of hydrogen-bond acceptors (Lipinski definition) is 36. The standard InChI is InChI=1S/C19H32N2O6.C18H30N2O6.C17H28N2O6.C15H24N2O6.C14H22N2O6.C13H20N2O6/c1-14(2)18(24)20-11-7-5-6-8-12-26-16(22)9-10-17(23)27-13-21-19(25)15(3)4;1-13(2)17(23)19-10-6-5-7-11-25-15(21)8-9-16(22)26-12-20-18(24)14(3)4;1-12(2)16(22)18-9-5-6-10-24-14(20)7-8-15(21)25-11-19-17(23)13(3)4;1-12(18)16-9-5-3-4-6-10-22-14(20)7-8-15(21)23-11-17-13(2)19;1-11(17)15-8-4-3-5-9-21-13(19)6-7-14(20)22-10-16-12(2)18;1-10(16)14-7-3-4-8-20-12(18)5-6-13(19)21-9-15-11(2)17/h9-10,14-15H,5-8,11-13H2,1-4H3,(H,20,24)(H,21,25);8-9,13-14H,5-7,10-12H2,1-4H3,(H,19,23)(H,20,24);7-8,12-13H,5-6,9-11H2,1-4H3,(H,18,22)(H,19,23);7-8H,3-6,9-11H2,1-2H3,(H,16,18)(H,17,19);6-7H,3-5,8-10H2,1-2H3,(H,15,17)(H,16,18);5-6H,3-4,7-9H2,1-2H3,(H,14,16)(H,15,17)/b10-9+;9-8+;2*8-7+;7-6+;6-5+. The molecule has 0 aromatic heterocycles. The Bertz CT molecular complexity index is 4060. The van der Waals surface area contributed by atoms with Gasteiger partial charge in [-0.1, -0.05) is 95.9 Å². The molecular formula is C96H156N12O36. The van der Waals surface area contributed by atoms with Gasteiger partial charge in [0.05, 0.1) is 39.6 Å². The largest absolute Gasteiger partial charge is 0.463 e. The van der Waals surface area contributed by atoms with Gasteiger partial charge in [0.1, 0.15) is 0 Å². The van der Waals surface area contributed by atoms with Crippen LogP contribution in [0.15, 0.2) is 72.9 Å². The molecule has 0 unspecified atom stereocenters. The number of amides is 12. The van der Waals surface area contributed by atoms with E-state index in [0.29, 0.717) is 90.6 Å². The zero-order valence-corrected chi connectivity index (χ0v) is 86.5. The second kappa shape index (κ2) is 96.2. The minimum atomic E-state index is -0.758. The molecule has 0 rings (SSSR count). The topological polar surface area (TPSA) is 665 Å². The quantitative estimate of drug-likeness (QED) is 0.0135. The van der Waals surface area contributed by atoms with Gasteiger partial charge in [-0.15, -0.1) is 0 Å². The summed E-state index contributed by atoms with van der Waals surface area (Å²) in [5.41, 5.74) is 0. The van der Waals surface area contributed by atoms with E-state index >= 15 is 0 Å². The minimum absolute atomic E-state index is 0.00598. The minimum Gasteiger partial charge on any atom is -0.463 e. The number of carbonyl (C=O) groups excluding carboxylic acids is 24. The number of rotatable bonds is 66. The number of unbranched alkanes of at least 4 members (excludes halogenated alkanes) is 12. The summed E-state index contributed by atoms with van der Waals surface area (Å²) in [6, 6.07) is 0. The molecule has 0 aliphatic rings. The molecule has 12 N–H and O–H groups in total. The molecule has 816 valence electrons. The highest BCUT2D eigenvalue weighted by molar-refractivity contribution is 5.95. The van der Waals surface area contributed by atoms with Crippen LogP contribution in [0.5, 0.6) is 0 Å². The first-order valence-electron chi connectivity index (χ1n) is 47.2. The van der Waals surface area contributed by atoms with Crippen molar-refractivity contribution < 1.29 is 172 Å². The Balaban J connectivity index is -0.000000398. The van der Waals surface area contributed by atoms with Gasteiger partial charge in [-0.2, -0.15) is 0 Å². The lowest BCUT2D eigenvalue weighted by molar-refractivity contribution is -0.142. The van der Waals surface area contributed by atoms with Crippen molar-refractivity contribution in [1.29, 1.82) is 0 Å². The van der Waals surface area contributed by atoms with Gasteiger partial charge in [-0.05, 0) is 103 Å². The highest BCUT2D eigenvalue weighted by Crippen LogP contribution is 2.06. The Morgan fingerprint density at radius 1 is 0.153 bits per heavy atom. The van der Waals surface area contributed by atoms with Crippen LogP contribution >= 0.6 is 0 Å². The Kier molecular flexibility index (Phi) is 93.8. The lowest BCUT2D eigenvalue weighted by atomic mass is 10.2. The maximum absolute atomic E-state index is 11.5. The molecule has 12 amide bonds. The van der Waals surface area contributed by atoms with Crippen LogP contribution in [0.4, 0.5) is 0 Å². The molecule has 0 spiro atoms. The molecule has 0 saturated carbocycles. The van der Waals surface area contributed by atoms with E-state index in [-0.39, 0.29) is 186 Å². The zero-order valence-electron chi connectivity index (χ0n) is 86.5. The number of hydrogen-bond donors (Lipinski definition) is 12. The molecule has 48 nitrogen and oxygen atoms in total. The van der Waals surface area contributed by atoms with Gasteiger partial charge in [0.2, 0.25) is 70.9 Å². The maximum Gasteiger partial charge on any atom is 0.332 e. The van der Waals surface area contributed by atoms with Gasteiger partial charge >= 0.3 is 71.6 Å². The molecule has 0 aromatic carbocycles. The SMILES string of the molecule is CC(=O)NCCCCCCOC(=O)/C=C/C(=O)OCNC(C)=O.CC(=O)NCCCCCOC(=O)/C=C/C(=O)OCNC(C)=O.CC(=O)NCCCCOC(=O)/C=C/C(=O)OCNC(C)=O.CC(C)C(=O)NCCCCCCOC(=O)/C=C/C(=O)OCNC(=O)C(C)C.CC(C)C(=O)NCCCCCOC(=O)/C=C/C(=O)OCNC(=O)C(C)C.CC(C)C(=O)NCCCCOC(=O)/C=C/C(=O)OCNC(=O)C(C)C. The van der Waals surface area contributed by atoms with Crippen LogP contribution in [0.1, 0.15) is 240 Å². The van der Waals surface area contributed by atoms with E-state index in [4.69, 9.17) is 42.6 Å². The zero-order chi connectivity index (χ0) is 110. The summed E-state index contributed by atoms with van der Waals surface area (Å²) in [5, 5.41) is 30.5. The normalized spacial score (nSPS) is 10.5. The van der Waals surface area contributed by atoms with Gasteiger partial charge in [-0.3, -0.25) is 57.5 Å². The molecule has 0 saturated heterocycles. The van der Waals surface area contributed by atoms with Crippen LogP contribution < -0.4 is 63.8 Å². The number of esters is 12. The van der Waals surface area contributed by atoms with E-state index in [0.717, 1.165) is 137 Å². The van der Waals surface area contributed by atoms with Gasteiger partial charge < -0.3 is 121 Å². The third kappa shape index (κ3) is 111. The van der Waals surface area contributed by atoms with Crippen molar-refractivity contribution in [2.45, 2.75) is 240 Å². The highest BCUT2D eigenvalue weighted by atomic mass is 16.6. The molecule has 0 atom stereocenters. The summed E-state index contributed by atoms with van der Waals surface area (Å²) in [4.78, 5) is 267. The fourth-order valence-corrected chi connectivity index (χ4v) is 8.67. The molecule has 144 heavy (non-hydrogen) atoms. The van der Waals surface area contributed by atoms with Crippen molar-refractivity contribution in [2.24, 2.45) is 35.5 Å². The van der Waals surface area contributed by atoms with Crippen LogP contribution in [-0.2, 0) is 172 Å². The molecule has 0 bridgehead atoms.